The summed E-state index contributed by atoms with van der Waals surface area (Å²) in [4.78, 5) is 4.70. The van der Waals surface area contributed by atoms with Crippen molar-refractivity contribution in [3.8, 4) is 11.1 Å². The van der Waals surface area contributed by atoms with Crippen LogP contribution in [0.3, 0.4) is 0 Å². The SMILES string of the molecule is Cc1cccc(N(c2ccccc2)c2ccc3cc4c(cc3c2)oc2c4cc(-c3ccccc3)c3c4cc5ccc(N(c6ccccc6)c6cccc(C)c6C)cc5cc4oc23)c1C. The number of nitrogens with zero attached hydrogens (tertiary/aromatic N) is 2. The smallest absolute Gasteiger partial charge is 0.179 e. The molecule has 0 saturated heterocycles. The van der Waals surface area contributed by atoms with E-state index in [-0.39, 0.29) is 0 Å². The number of benzene rings is 10. The third kappa shape index (κ3) is 6.06. The molecule has 0 fully saturated rings. The molecular formula is C60H44N2O2. The van der Waals surface area contributed by atoms with Crippen LogP contribution in [0, 0.1) is 27.7 Å². The third-order valence-corrected chi connectivity index (χ3v) is 13.3. The lowest BCUT2D eigenvalue weighted by Gasteiger charge is -2.28. The third-order valence-electron chi connectivity index (χ3n) is 13.3. The summed E-state index contributed by atoms with van der Waals surface area (Å²) >= 11 is 0. The summed E-state index contributed by atoms with van der Waals surface area (Å²) in [5.74, 6) is 0. The molecular weight excluding hydrogens is 781 g/mol. The van der Waals surface area contributed by atoms with Gasteiger partial charge in [-0.1, -0.05) is 103 Å². The summed E-state index contributed by atoms with van der Waals surface area (Å²) in [7, 11) is 0. The fraction of sp³-hybridized carbons (Fsp3) is 0.0667. The van der Waals surface area contributed by atoms with E-state index in [9.17, 15) is 0 Å². The van der Waals surface area contributed by atoms with Crippen molar-refractivity contribution in [1.29, 1.82) is 0 Å². The second-order valence-electron chi connectivity index (χ2n) is 17.1. The molecule has 0 aliphatic carbocycles. The molecule has 2 heterocycles. The first kappa shape index (κ1) is 37.7. The van der Waals surface area contributed by atoms with E-state index < -0.39 is 0 Å². The van der Waals surface area contributed by atoms with Crippen molar-refractivity contribution in [2.24, 2.45) is 0 Å². The van der Waals surface area contributed by atoms with E-state index in [4.69, 9.17) is 8.83 Å². The quantitative estimate of drug-likeness (QED) is 0.160. The number of fused-ring (bicyclic) bond motifs is 9. The van der Waals surface area contributed by atoms with Crippen molar-refractivity contribution < 1.29 is 8.83 Å². The normalized spacial score (nSPS) is 11.8. The van der Waals surface area contributed by atoms with Crippen LogP contribution in [-0.4, -0.2) is 0 Å². The first-order valence-electron chi connectivity index (χ1n) is 22.0. The minimum Gasteiger partial charge on any atom is -0.452 e. The van der Waals surface area contributed by atoms with Crippen LogP contribution in [0.4, 0.5) is 34.1 Å². The zero-order valence-electron chi connectivity index (χ0n) is 36.2. The fourth-order valence-electron chi connectivity index (χ4n) is 9.72. The minimum atomic E-state index is 0.757. The standard InChI is InChI=1S/C60H44N2O2/c1-37-16-14-24-54(39(37)3)61(46-20-10-6-11-21-46)48-28-26-42-32-51-52-36-50(41-18-8-5-9-19-41)58-53-33-43-27-29-49(62(47-22-12-7-13-23-47)55-25-15-17-38(2)40(55)4)31-45(43)35-57(53)64-60(58)59(52)63-56(51)34-44(42)30-48/h5-36H,1-4H3. The maximum Gasteiger partial charge on any atom is 0.179 e. The van der Waals surface area contributed by atoms with E-state index in [1.54, 1.807) is 0 Å². The van der Waals surface area contributed by atoms with Gasteiger partial charge in [0.2, 0.25) is 0 Å². The summed E-state index contributed by atoms with van der Waals surface area (Å²) in [5, 5.41) is 8.71. The molecule has 0 spiro atoms. The van der Waals surface area contributed by atoms with E-state index in [1.165, 1.54) is 22.3 Å². The first-order valence-corrected chi connectivity index (χ1v) is 22.0. The largest absolute Gasteiger partial charge is 0.452 e. The zero-order chi connectivity index (χ0) is 43.1. The number of hydrogen-bond acceptors (Lipinski definition) is 4. The Morgan fingerprint density at radius 2 is 0.828 bits per heavy atom. The number of hydrogen-bond donors (Lipinski definition) is 0. The molecule has 306 valence electrons. The number of rotatable bonds is 7. The highest BCUT2D eigenvalue weighted by Gasteiger charge is 2.23. The van der Waals surface area contributed by atoms with Crippen molar-refractivity contribution in [2.45, 2.75) is 27.7 Å². The summed E-state index contributed by atoms with van der Waals surface area (Å²) < 4.78 is 14.0. The van der Waals surface area contributed by atoms with Crippen molar-refractivity contribution in [3.63, 3.8) is 0 Å². The van der Waals surface area contributed by atoms with Gasteiger partial charge < -0.3 is 18.6 Å². The number of aryl methyl sites for hydroxylation is 2. The fourth-order valence-corrected chi connectivity index (χ4v) is 9.72. The molecule has 12 aromatic rings. The van der Waals surface area contributed by atoms with Gasteiger partial charge in [-0.2, -0.15) is 0 Å². The molecule has 12 rings (SSSR count). The molecule has 0 bridgehead atoms. The molecule has 0 aliphatic heterocycles. The molecule has 0 atom stereocenters. The molecule has 0 radical (unpaired) electrons. The van der Waals surface area contributed by atoms with Gasteiger partial charge in [0, 0.05) is 55.7 Å². The minimum absolute atomic E-state index is 0.757. The van der Waals surface area contributed by atoms with E-state index in [0.29, 0.717) is 0 Å². The second-order valence-corrected chi connectivity index (χ2v) is 17.1. The molecule has 2 aromatic heterocycles. The summed E-state index contributed by atoms with van der Waals surface area (Å²) in [6.45, 7) is 8.76. The zero-order valence-corrected chi connectivity index (χ0v) is 36.2. The Hall–Kier alpha value is -8.08. The van der Waals surface area contributed by atoms with Crippen LogP contribution in [0.2, 0.25) is 0 Å². The van der Waals surface area contributed by atoms with Crippen molar-refractivity contribution in [3.05, 3.63) is 216 Å². The molecule has 0 saturated carbocycles. The van der Waals surface area contributed by atoms with Crippen LogP contribution >= 0.6 is 0 Å². The molecule has 4 nitrogen and oxygen atoms in total. The van der Waals surface area contributed by atoms with Crippen molar-refractivity contribution in [1.82, 2.24) is 0 Å². The van der Waals surface area contributed by atoms with Gasteiger partial charge in [0.05, 0.1) is 0 Å². The predicted octanol–water partition coefficient (Wildman–Crippen LogP) is 17.6. The van der Waals surface area contributed by atoms with Gasteiger partial charge in [0.1, 0.15) is 11.2 Å². The van der Waals surface area contributed by atoms with Crippen LogP contribution < -0.4 is 9.80 Å². The Bertz CT molecular complexity index is 3770. The van der Waals surface area contributed by atoms with E-state index in [0.717, 1.165) is 111 Å². The van der Waals surface area contributed by atoms with Gasteiger partial charge in [-0.15, -0.1) is 0 Å². The molecule has 0 amide bonds. The van der Waals surface area contributed by atoms with Crippen LogP contribution in [0.5, 0.6) is 0 Å². The highest BCUT2D eigenvalue weighted by molar-refractivity contribution is 6.26. The average Bonchev–Trinajstić information content (AvgIpc) is 3.88. The number of furan rings is 2. The van der Waals surface area contributed by atoms with Crippen molar-refractivity contribution >= 4 is 99.5 Å². The highest BCUT2D eigenvalue weighted by atomic mass is 16.4. The monoisotopic (exact) mass is 824 g/mol. The number of para-hydroxylation sites is 2. The van der Waals surface area contributed by atoms with Gasteiger partial charge in [-0.3, -0.25) is 0 Å². The topological polar surface area (TPSA) is 32.8 Å². The van der Waals surface area contributed by atoms with Gasteiger partial charge in [-0.05, 0) is 174 Å². The Morgan fingerprint density at radius 3 is 1.38 bits per heavy atom. The molecule has 0 N–H and O–H groups in total. The van der Waals surface area contributed by atoms with E-state index in [1.807, 2.05) is 0 Å². The van der Waals surface area contributed by atoms with Crippen LogP contribution in [-0.2, 0) is 0 Å². The van der Waals surface area contributed by atoms with Crippen LogP contribution in [0.15, 0.2) is 203 Å². The average molecular weight is 825 g/mol. The molecule has 10 aromatic carbocycles. The lowest BCUT2D eigenvalue weighted by atomic mass is 9.95. The first-order chi connectivity index (χ1) is 31.4. The van der Waals surface area contributed by atoms with Gasteiger partial charge >= 0.3 is 0 Å². The van der Waals surface area contributed by atoms with Crippen LogP contribution in [0.1, 0.15) is 22.3 Å². The maximum absolute atomic E-state index is 7.02. The van der Waals surface area contributed by atoms with Gasteiger partial charge in [0.15, 0.2) is 11.2 Å². The predicted molar refractivity (Wildman–Crippen MR) is 270 cm³/mol. The summed E-state index contributed by atoms with van der Waals surface area (Å²) in [5.41, 5.74) is 17.2. The number of anilines is 6. The Morgan fingerprint density at radius 1 is 0.344 bits per heavy atom. The lowest BCUT2D eigenvalue weighted by Crippen LogP contribution is -2.11. The summed E-state index contributed by atoms with van der Waals surface area (Å²) in [6, 6.07) is 69.7. The maximum atomic E-state index is 7.02. The van der Waals surface area contributed by atoms with E-state index in [2.05, 4.69) is 232 Å². The summed E-state index contributed by atoms with van der Waals surface area (Å²) in [6.07, 6.45) is 0. The van der Waals surface area contributed by atoms with Crippen molar-refractivity contribution in [2.75, 3.05) is 9.80 Å². The Balaban J connectivity index is 1.05. The Kier molecular flexibility index (Phi) is 8.70. The molecule has 4 heteroatoms. The van der Waals surface area contributed by atoms with Gasteiger partial charge in [0.25, 0.3) is 0 Å². The highest BCUT2D eigenvalue weighted by Crippen LogP contribution is 2.47. The molecule has 0 aliphatic rings. The van der Waals surface area contributed by atoms with Crippen LogP contribution in [0.25, 0.3) is 76.5 Å². The Labute approximate surface area is 371 Å². The molecule has 0 unspecified atom stereocenters. The van der Waals surface area contributed by atoms with E-state index >= 15 is 0 Å². The van der Waals surface area contributed by atoms with Gasteiger partial charge in [-0.25, -0.2) is 0 Å². The lowest BCUT2D eigenvalue weighted by molar-refractivity contribution is 0.634. The molecule has 64 heavy (non-hydrogen) atoms. The second kappa shape index (κ2) is 14.8.